The molecule has 0 bridgehead atoms. The molecule has 2 aliphatic heterocycles. The van der Waals surface area contributed by atoms with Gasteiger partial charge in [0.25, 0.3) is 11.8 Å². The minimum Gasteiger partial charge on any atom is -0.378 e. The number of piperidine rings is 1. The maximum atomic E-state index is 12.7. The largest absolute Gasteiger partial charge is 0.378 e. The molecule has 3 heterocycles. The van der Waals surface area contributed by atoms with Gasteiger partial charge < -0.3 is 14.5 Å². The van der Waals surface area contributed by atoms with Crippen molar-refractivity contribution in [2.45, 2.75) is 25.7 Å². The Morgan fingerprint density at radius 2 is 1.62 bits per heavy atom. The molecule has 2 fully saturated rings. The first kappa shape index (κ1) is 19.5. The first-order valence-electron chi connectivity index (χ1n) is 10.2. The molecule has 0 unspecified atom stereocenters. The van der Waals surface area contributed by atoms with Crippen LogP contribution in [0.5, 0.6) is 0 Å². The maximum Gasteiger partial charge on any atom is 0.257 e. The maximum absolute atomic E-state index is 12.7. The molecule has 7 nitrogen and oxygen atoms in total. The second-order valence-corrected chi connectivity index (χ2v) is 7.56. The molecule has 2 aromatic rings. The van der Waals surface area contributed by atoms with Crippen molar-refractivity contribution in [3.8, 4) is 0 Å². The van der Waals surface area contributed by atoms with E-state index in [-0.39, 0.29) is 17.7 Å². The fraction of sp³-hybridized carbons (Fsp3) is 0.455. The molecule has 29 heavy (non-hydrogen) atoms. The molecule has 0 saturated carbocycles. The van der Waals surface area contributed by atoms with Crippen LogP contribution in [0, 0.1) is 6.92 Å². The van der Waals surface area contributed by atoms with Crippen LogP contribution in [0.3, 0.4) is 0 Å². The topological polar surface area (TPSA) is 75.6 Å². The van der Waals surface area contributed by atoms with Gasteiger partial charge in [0.1, 0.15) is 5.82 Å². The van der Waals surface area contributed by atoms with Crippen molar-refractivity contribution in [3.63, 3.8) is 0 Å². The van der Waals surface area contributed by atoms with E-state index in [0.717, 1.165) is 24.2 Å². The standard InChI is InChI=1S/C22H26N4O3/c1-16-19(22(28)26-11-13-29-14-12-26)15-23-20(24-16)17-7-9-25(10-8-17)21(27)18-5-3-2-4-6-18/h2-6,15,17H,7-14H2,1H3. The number of aryl methyl sites for hydroxylation is 1. The molecule has 0 radical (unpaired) electrons. The van der Waals surface area contributed by atoms with Gasteiger partial charge in [-0.15, -0.1) is 0 Å². The number of hydrogen-bond acceptors (Lipinski definition) is 5. The second-order valence-electron chi connectivity index (χ2n) is 7.56. The van der Waals surface area contributed by atoms with Crippen LogP contribution in [0.4, 0.5) is 0 Å². The minimum absolute atomic E-state index is 0.0272. The molecule has 4 rings (SSSR count). The van der Waals surface area contributed by atoms with Gasteiger partial charge in [0.15, 0.2) is 0 Å². The third-order valence-electron chi connectivity index (χ3n) is 5.69. The SMILES string of the molecule is Cc1nc(C2CCN(C(=O)c3ccccc3)CC2)ncc1C(=O)N1CCOCC1. The molecule has 0 atom stereocenters. The molecule has 2 saturated heterocycles. The van der Waals surface area contributed by atoms with Crippen molar-refractivity contribution in [2.75, 3.05) is 39.4 Å². The Morgan fingerprint density at radius 3 is 2.28 bits per heavy atom. The number of nitrogens with zero attached hydrogens (tertiary/aromatic N) is 4. The summed E-state index contributed by atoms with van der Waals surface area (Å²) in [6.07, 6.45) is 3.32. The summed E-state index contributed by atoms with van der Waals surface area (Å²) in [6, 6.07) is 9.39. The van der Waals surface area contributed by atoms with Gasteiger partial charge in [-0.25, -0.2) is 9.97 Å². The zero-order valence-electron chi connectivity index (χ0n) is 16.7. The van der Waals surface area contributed by atoms with Gasteiger partial charge in [-0.3, -0.25) is 9.59 Å². The number of carbonyl (C=O) groups is 2. The quantitative estimate of drug-likeness (QED) is 0.798. The van der Waals surface area contributed by atoms with Gasteiger partial charge in [0.05, 0.1) is 24.5 Å². The molecule has 1 aromatic carbocycles. The average Bonchev–Trinajstić information content (AvgIpc) is 2.79. The van der Waals surface area contributed by atoms with E-state index in [9.17, 15) is 9.59 Å². The predicted octanol–water partition coefficient (Wildman–Crippen LogP) is 2.28. The van der Waals surface area contributed by atoms with Gasteiger partial charge >= 0.3 is 0 Å². The van der Waals surface area contributed by atoms with Gasteiger partial charge in [0, 0.05) is 43.9 Å². The van der Waals surface area contributed by atoms with Crippen LogP contribution in [-0.2, 0) is 4.74 Å². The van der Waals surface area contributed by atoms with E-state index >= 15 is 0 Å². The Hall–Kier alpha value is -2.80. The van der Waals surface area contributed by atoms with Crippen LogP contribution < -0.4 is 0 Å². The summed E-state index contributed by atoms with van der Waals surface area (Å²) < 4.78 is 5.32. The van der Waals surface area contributed by atoms with Gasteiger partial charge in [-0.2, -0.15) is 0 Å². The lowest BCUT2D eigenvalue weighted by Gasteiger charge is -2.31. The number of rotatable bonds is 3. The second kappa shape index (κ2) is 8.69. The summed E-state index contributed by atoms with van der Waals surface area (Å²) in [5.74, 6) is 1.03. The Bertz CT molecular complexity index is 873. The first-order valence-corrected chi connectivity index (χ1v) is 10.2. The van der Waals surface area contributed by atoms with E-state index < -0.39 is 0 Å². The highest BCUT2D eigenvalue weighted by atomic mass is 16.5. The lowest BCUT2D eigenvalue weighted by Crippen LogP contribution is -2.41. The summed E-state index contributed by atoms with van der Waals surface area (Å²) in [7, 11) is 0. The average molecular weight is 394 g/mol. The van der Waals surface area contributed by atoms with Crippen LogP contribution >= 0.6 is 0 Å². The highest BCUT2D eigenvalue weighted by Crippen LogP contribution is 2.27. The predicted molar refractivity (Wildman–Crippen MR) is 108 cm³/mol. The van der Waals surface area contributed by atoms with Crippen LogP contribution in [-0.4, -0.2) is 71.0 Å². The van der Waals surface area contributed by atoms with E-state index in [1.165, 1.54) is 0 Å². The minimum atomic E-state index is -0.0272. The molecule has 0 N–H and O–H groups in total. The molecule has 0 spiro atoms. The summed E-state index contributed by atoms with van der Waals surface area (Å²) >= 11 is 0. The molecule has 152 valence electrons. The van der Waals surface area contributed by atoms with Crippen LogP contribution in [0.1, 0.15) is 51.0 Å². The summed E-state index contributed by atoms with van der Waals surface area (Å²) in [5, 5.41) is 0. The number of aromatic nitrogens is 2. The highest BCUT2D eigenvalue weighted by Gasteiger charge is 2.27. The van der Waals surface area contributed by atoms with E-state index in [4.69, 9.17) is 4.74 Å². The number of benzene rings is 1. The lowest BCUT2D eigenvalue weighted by atomic mass is 9.95. The van der Waals surface area contributed by atoms with Crippen molar-refractivity contribution >= 4 is 11.8 Å². The number of morpholine rings is 1. The van der Waals surface area contributed by atoms with Gasteiger partial charge in [-0.1, -0.05) is 18.2 Å². The third-order valence-corrected chi connectivity index (χ3v) is 5.69. The molecular weight excluding hydrogens is 368 g/mol. The monoisotopic (exact) mass is 394 g/mol. The van der Waals surface area contributed by atoms with E-state index in [0.29, 0.717) is 50.7 Å². The van der Waals surface area contributed by atoms with E-state index in [1.807, 2.05) is 42.2 Å². The third kappa shape index (κ3) is 4.29. The Morgan fingerprint density at radius 1 is 0.966 bits per heavy atom. The molecule has 2 aliphatic rings. The summed E-state index contributed by atoms with van der Waals surface area (Å²) in [5.41, 5.74) is 2.01. The van der Waals surface area contributed by atoms with Crippen molar-refractivity contribution < 1.29 is 14.3 Å². The fourth-order valence-electron chi connectivity index (χ4n) is 3.93. The van der Waals surface area contributed by atoms with Crippen LogP contribution in [0.15, 0.2) is 36.5 Å². The van der Waals surface area contributed by atoms with E-state index in [2.05, 4.69) is 9.97 Å². The number of amides is 2. The Kier molecular flexibility index (Phi) is 5.85. The number of ether oxygens (including phenoxy) is 1. The number of hydrogen-bond donors (Lipinski definition) is 0. The van der Waals surface area contributed by atoms with E-state index in [1.54, 1.807) is 11.1 Å². The van der Waals surface area contributed by atoms with Crippen molar-refractivity contribution in [2.24, 2.45) is 0 Å². The van der Waals surface area contributed by atoms with Gasteiger partial charge in [0.2, 0.25) is 0 Å². The smallest absolute Gasteiger partial charge is 0.257 e. The summed E-state index contributed by atoms with van der Waals surface area (Å²) in [4.78, 5) is 38.2. The van der Waals surface area contributed by atoms with Crippen LogP contribution in [0.2, 0.25) is 0 Å². The molecule has 0 aliphatic carbocycles. The van der Waals surface area contributed by atoms with Gasteiger partial charge in [-0.05, 0) is 31.9 Å². The zero-order chi connectivity index (χ0) is 20.2. The normalized spacial score (nSPS) is 18.0. The molecule has 1 aromatic heterocycles. The number of likely N-dealkylation sites (tertiary alicyclic amines) is 1. The van der Waals surface area contributed by atoms with Crippen molar-refractivity contribution in [3.05, 3.63) is 59.2 Å². The summed E-state index contributed by atoms with van der Waals surface area (Å²) in [6.45, 7) is 5.60. The van der Waals surface area contributed by atoms with Crippen molar-refractivity contribution in [1.29, 1.82) is 0 Å². The Labute approximate surface area is 170 Å². The Balaban J connectivity index is 1.39. The first-order chi connectivity index (χ1) is 14.1. The number of carbonyl (C=O) groups excluding carboxylic acids is 2. The molecule has 7 heteroatoms. The highest BCUT2D eigenvalue weighted by molar-refractivity contribution is 5.95. The van der Waals surface area contributed by atoms with Crippen molar-refractivity contribution in [1.82, 2.24) is 19.8 Å². The lowest BCUT2D eigenvalue weighted by molar-refractivity contribution is 0.0301. The zero-order valence-corrected chi connectivity index (χ0v) is 16.7. The molecule has 2 amide bonds. The van der Waals surface area contributed by atoms with Crippen LogP contribution in [0.25, 0.3) is 0 Å². The molecular formula is C22H26N4O3. The fourth-order valence-corrected chi connectivity index (χ4v) is 3.93.